The van der Waals surface area contributed by atoms with E-state index in [0.29, 0.717) is 12.5 Å². The first-order chi connectivity index (χ1) is 7.58. The van der Waals surface area contributed by atoms with Gasteiger partial charge in [-0.25, -0.2) is 4.79 Å². The van der Waals surface area contributed by atoms with Gasteiger partial charge in [-0.2, -0.15) is 0 Å². The number of carbonyl (C=O) groups is 1. The van der Waals surface area contributed by atoms with Gasteiger partial charge < -0.3 is 9.84 Å². The van der Waals surface area contributed by atoms with Crippen LogP contribution in [-0.2, 0) is 16.1 Å². The number of rotatable bonds is 6. The Kier molecular flexibility index (Phi) is 5.22. The summed E-state index contributed by atoms with van der Waals surface area (Å²) in [6.45, 7) is 5.56. The molecule has 1 aromatic rings. The molecule has 1 rings (SSSR count). The standard InChI is InChI=1S/C12H16O3S/c1-9(2)6-15-7-11-5-10(8-16-11)3-4-12(13)14/h3-5,8-9H,6-7H2,1-2H3,(H,13,14). The van der Waals surface area contributed by atoms with E-state index in [-0.39, 0.29) is 0 Å². The third-order valence-corrected chi connectivity index (χ3v) is 2.72. The van der Waals surface area contributed by atoms with Gasteiger partial charge in [0.1, 0.15) is 0 Å². The molecule has 0 spiro atoms. The second kappa shape index (κ2) is 6.45. The average molecular weight is 240 g/mol. The van der Waals surface area contributed by atoms with Crippen molar-refractivity contribution in [3.05, 3.63) is 28.0 Å². The fourth-order valence-electron chi connectivity index (χ4n) is 1.12. The molecule has 88 valence electrons. The van der Waals surface area contributed by atoms with Crippen molar-refractivity contribution in [1.82, 2.24) is 0 Å². The maximum Gasteiger partial charge on any atom is 0.328 e. The van der Waals surface area contributed by atoms with Crippen LogP contribution in [0.25, 0.3) is 6.08 Å². The largest absolute Gasteiger partial charge is 0.478 e. The zero-order valence-electron chi connectivity index (χ0n) is 9.47. The Labute approximate surface area is 99.4 Å². The molecular formula is C12H16O3S. The van der Waals surface area contributed by atoms with Gasteiger partial charge in [-0.05, 0) is 29.0 Å². The van der Waals surface area contributed by atoms with Gasteiger partial charge in [-0.3, -0.25) is 0 Å². The molecule has 0 fully saturated rings. The highest BCUT2D eigenvalue weighted by molar-refractivity contribution is 7.10. The number of ether oxygens (including phenoxy) is 1. The number of carboxylic acid groups (broad SMARTS) is 1. The lowest BCUT2D eigenvalue weighted by Crippen LogP contribution is -2.00. The molecule has 1 aromatic heterocycles. The number of aliphatic carboxylic acids is 1. The van der Waals surface area contributed by atoms with Crippen molar-refractivity contribution < 1.29 is 14.6 Å². The van der Waals surface area contributed by atoms with E-state index in [1.807, 2.05) is 11.4 Å². The first-order valence-corrected chi connectivity index (χ1v) is 6.02. The van der Waals surface area contributed by atoms with Gasteiger partial charge >= 0.3 is 5.97 Å². The van der Waals surface area contributed by atoms with Crippen LogP contribution in [0.3, 0.4) is 0 Å². The average Bonchev–Trinajstić information content (AvgIpc) is 2.62. The second-order valence-electron chi connectivity index (χ2n) is 3.93. The molecule has 0 amide bonds. The molecule has 0 radical (unpaired) electrons. The highest BCUT2D eigenvalue weighted by Gasteiger charge is 1.99. The third-order valence-electron chi connectivity index (χ3n) is 1.79. The second-order valence-corrected chi connectivity index (χ2v) is 4.92. The Bertz CT molecular complexity index is 366. The van der Waals surface area contributed by atoms with Crippen molar-refractivity contribution in [2.45, 2.75) is 20.5 Å². The van der Waals surface area contributed by atoms with E-state index in [1.165, 1.54) is 0 Å². The van der Waals surface area contributed by atoms with E-state index in [1.54, 1.807) is 17.4 Å². The van der Waals surface area contributed by atoms with Crippen molar-refractivity contribution in [2.24, 2.45) is 5.92 Å². The van der Waals surface area contributed by atoms with Crippen molar-refractivity contribution in [2.75, 3.05) is 6.61 Å². The Morgan fingerprint density at radius 3 is 3.00 bits per heavy atom. The Balaban J connectivity index is 2.42. The summed E-state index contributed by atoms with van der Waals surface area (Å²) in [6.07, 6.45) is 2.73. The van der Waals surface area contributed by atoms with Crippen molar-refractivity contribution in [1.29, 1.82) is 0 Å². The summed E-state index contributed by atoms with van der Waals surface area (Å²) in [5.74, 6) is -0.393. The smallest absolute Gasteiger partial charge is 0.328 e. The van der Waals surface area contributed by atoms with Crippen LogP contribution in [0, 0.1) is 5.92 Å². The van der Waals surface area contributed by atoms with Crippen LogP contribution in [0.2, 0.25) is 0 Å². The Morgan fingerprint density at radius 2 is 2.38 bits per heavy atom. The van der Waals surface area contributed by atoms with Crippen LogP contribution in [-0.4, -0.2) is 17.7 Å². The van der Waals surface area contributed by atoms with Gasteiger partial charge in [0.2, 0.25) is 0 Å². The number of hydrogen-bond donors (Lipinski definition) is 1. The topological polar surface area (TPSA) is 46.5 Å². The summed E-state index contributed by atoms with van der Waals surface area (Å²) >= 11 is 1.58. The van der Waals surface area contributed by atoms with Crippen molar-refractivity contribution >= 4 is 23.4 Å². The fraction of sp³-hybridized carbons (Fsp3) is 0.417. The fourth-order valence-corrected chi connectivity index (χ4v) is 1.91. The minimum Gasteiger partial charge on any atom is -0.478 e. The summed E-state index contributed by atoms with van der Waals surface area (Å²) < 4.78 is 5.49. The minimum absolute atomic E-state index is 0.534. The predicted molar refractivity (Wildman–Crippen MR) is 65.5 cm³/mol. The quantitative estimate of drug-likeness (QED) is 0.777. The number of carboxylic acids is 1. The first-order valence-electron chi connectivity index (χ1n) is 5.14. The van der Waals surface area contributed by atoms with E-state index in [4.69, 9.17) is 9.84 Å². The lowest BCUT2D eigenvalue weighted by molar-refractivity contribution is -0.131. The molecule has 0 bridgehead atoms. The van der Waals surface area contributed by atoms with Gasteiger partial charge in [0, 0.05) is 17.6 Å². The number of thiophene rings is 1. The lowest BCUT2D eigenvalue weighted by atomic mass is 10.2. The van der Waals surface area contributed by atoms with Gasteiger partial charge in [-0.15, -0.1) is 11.3 Å². The zero-order valence-corrected chi connectivity index (χ0v) is 10.3. The third kappa shape index (κ3) is 5.09. The molecule has 1 N–H and O–H groups in total. The molecule has 0 aliphatic rings. The molecule has 16 heavy (non-hydrogen) atoms. The first kappa shape index (κ1) is 12.9. The summed E-state index contributed by atoms with van der Waals surface area (Å²) in [4.78, 5) is 11.4. The Morgan fingerprint density at radius 1 is 1.62 bits per heavy atom. The van der Waals surface area contributed by atoms with Crippen LogP contribution in [0.5, 0.6) is 0 Å². The minimum atomic E-state index is -0.927. The molecule has 0 unspecified atom stereocenters. The molecular weight excluding hydrogens is 224 g/mol. The molecule has 0 saturated carbocycles. The summed E-state index contributed by atoms with van der Waals surface area (Å²) in [5.41, 5.74) is 0.913. The lowest BCUT2D eigenvalue weighted by Gasteiger charge is -2.04. The van der Waals surface area contributed by atoms with E-state index < -0.39 is 5.97 Å². The van der Waals surface area contributed by atoms with Crippen LogP contribution < -0.4 is 0 Å². The number of hydrogen-bond acceptors (Lipinski definition) is 3. The van der Waals surface area contributed by atoms with Crippen LogP contribution in [0.15, 0.2) is 17.5 Å². The zero-order chi connectivity index (χ0) is 12.0. The molecule has 0 aliphatic carbocycles. The molecule has 0 aromatic carbocycles. The van der Waals surface area contributed by atoms with E-state index >= 15 is 0 Å². The van der Waals surface area contributed by atoms with E-state index in [2.05, 4.69) is 13.8 Å². The summed E-state index contributed by atoms with van der Waals surface area (Å²) in [6, 6.07) is 1.95. The highest BCUT2D eigenvalue weighted by atomic mass is 32.1. The molecule has 0 atom stereocenters. The van der Waals surface area contributed by atoms with Crippen LogP contribution in [0.1, 0.15) is 24.3 Å². The molecule has 1 heterocycles. The van der Waals surface area contributed by atoms with Crippen LogP contribution >= 0.6 is 11.3 Å². The highest BCUT2D eigenvalue weighted by Crippen LogP contribution is 2.17. The van der Waals surface area contributed by atoms with Crippen molar-refractivity contribution in [3.63, 3.8) is 0 Å². The van der Waals surface area contributed by atoms with Gasteiger partial charge in [0.25, 0.3) is 0 Å². The monoisotopic (exact) mass is 240 g/mol. The van der Waals surface area contributed by atoms with Gasteiger partial charge in [-0.1, -0.05) is 13.8 Å². The summed E-state index contributed by atoms with van der Waals surface area (Å²) in [7, 11) is 0. The Hall–Kier alpha value is -1.13. The van der Waals surface area contributed by atoms with Gasteiger partial charge in [0.05, 0.1) is 6.61 Å². The van der Waals surface area contributed by atoms with Crippen molar-refractivity contribution in [3.8, 4) is 0 Å². The maximum atomic E-state index is 10.3. The molecule has 3 nitrogen and oxygen atoms in total. The normalized spacial score (nSPS) is 11.4. The van der Waals surface area contributed by atoms with Gasteiger partial charge in [0.15, 0.2) is 0 Å². The predicted octanol–water partition coefficient (Wildman–Crippen LogP) is 3.02. The molecule has 4 heteroatoms. The maximum absolute atomic E-state index is 10.3. The molecule has 0 saturated heterocycles. The van der Waals surface area contributed by atoms with Crippen LogP contribution in [0.4, 0.5) is 0 Å². The van der Waals surface area contributed by atoms with E-state index in [9.17, 15) is 4.79 Å². The summed E-state index contributed by atoms with van der Waals surface area (Å²) in [5, 5.41) is 10.4. The SMILES string of the molecule is CC(C)COCc1cc(C=CC(=O)O)cs1. The van der Waals surface area contributed by atoms with E-state index in [0.717, 1.165) is 23.1 Å². The molecule has 0 aliphatic heterocycles.